The van der Waals surface area contributed by atoms with Crippen molar-refractivity contribution in [3.8, 4) is 17.2 Å². The van der Waals surface area contributed by atoms with E-state index in [0.717, 1.165) is 22.4 Å². The summed E-state index contributed by atoms with van der Waals surface area (Å²) in [5.41, 5.74) is 2.90. The molecule has 0 saturated carbocycles. The van der Waals surface area contributed by atoms with Gasteiger partial charge in [-0.3, -0.25) is 9.59 Å². The van der Waals surface area contributed by atoms with Crippen LogP contribution < -0.4 is 15.4 Å². The zero-order valence-electron chi connectivity index (χ0n) is 20.2. The molecular weight excluding hydrogens is 458 g/mol. The Labute approximate surface area is 209 Å². The summed E-state index contributed by atoms with van der Waals surface area (Å²) in [5.74, 6) is 0.408. The Morgan fingerprint density at radius 2 is 1.83 bits per heavy atom. The topological polar surface area (TPSA) is 114 Å². The number of rotatable bonds is 11. The molecule has 0 fully saturated rings. The van der Waals surface area contributed by atoms with Gasteiger partial charge in [-0.25, -0.2) is 4.98 Å². The second-order valence-electron chi connectivity index (χ2n) is 8.81. The fourth-order valence-corrected chi connectivity index (χ4v) is 3.62. The van der Waals surface area contributed by atoms with E-state index in [9.17, 15) is 9.59 Å². The number of para-hydroxylation sites is 1. The summed E-state index contributed by atoms with van der Waals surface area (Å²) in [5, 5.41) is 15.8. The van der Waals surface area contributed by atoms with Gasteiger partial charge in [0.05, 0.1) is 18.7 Å². The van der Waals surface area contributed by atoms with Gasteiger partial charge in [0.25, 0.3) is 5.91 Å². The SMILES string of the molecule is CC(C)C(COc1ccc(-c2cc3ccccc3o2)nc1)Nc1ccc(C(=O)NCCC(=O)O)cc1. The summed E-state index contributed by atoms with van der Waals surface area (Å²) in [6.45, 7) is 4.73. The molecule has 2 aromatic carbocycles. The summed E-state index contributed by atoms with van der Waals surface area (Å²) in [6, 6.07) is 20.7. The zero-order valence-corrected chi connectivity index (χ0v) is 20.2. The number of anilines is 1. The van der Waals surface area contributed by atoms with Gasteiger partial charge in [0.15, 0.2) is 5.76 Å². The molecule has 0 aliphatic carbocycles. The fraction of sp³-hybridized carbons (Fsp3) is 0.250. The Morgan fingerprint density at radius 3 is 2.50 bits per heavy atom. The summed E-state index contributed by atoms with van der Waals surface area (Å²) in [7, 11) is 0. The number of nitrogens with zero attached hydrogens (tertiary/aromatic N) is 1. The number of carbonyl (C=O) groups excluding carboxylic acids is 1. The standard InChI is InChI=1S/C28H29N3O5/c1-18(2)24(31-21-9-7-19(8-10-21)28(34)29-14-13-27(32)33)17-35-22-11-12-23(30-16-22)26-15-20-5-3-4-6-25(20)36-26/h3-12,15-16,18,24,31H,13-14,17H2,1-2H3,(H,29,34)(H,32,33). The molecule has 0 spiro atoms. The molecule has 4 rings (SSSR count). The minimum atomic E-state index is -0.949. The third-order valence-corrected chi connectivity index (χ3v) is 5.77. The molecule has 8 nitrogen and oxygen atoms in total. The first-order chi connectivity index (χ1) is 17.4. The number of carboxylic acid groups (broad SMARTS) is 1. The molecule has 36 heavy (non-hydrogen) atoms. The maximum Gasteiger partial charge on any atom is 0.305 e. The van der Waals surface area contributed by atoms with E-state index in [2.05, 4.69) is 29.5 Å². The van der Waals surface area contributed by atoms with Gasteiger partial charge in [-0.15, -0.1) is 0 Å². The zero-order chi connectivity index (χ0) is 25.5. The highest BCUT2D eigenvalue weighted by Crippen LogP contribution is 2.27. The summed E-state index contributed by atoms with van der Waals surface area (Å²) in [6.07, 6.45) is 1.58. The van der Waals surface area contributed by atoms with Crippen LogP contribution in [0.15, 0.2) is 77.3 Å². The van der Waals surface area contributed by atoms with Crippen LogP contribution in [0.4, 0.5) is 5.69 Å². The third-order valence-electron chi connectivity index (χ3n) is 5.77. The number of nitrogens with one attached hydrogen (secondary N) is 2. The van der Waals surface area contributed by atoms with Crippen LogP contribution in [0.2, 0.25) is 0 Å². The Balaban J connectivity index is 1.32. The normalized spacial score (nSPS) is 11.9. The highest BCUT2D eigenvalue weighted by Gasteiger charge is 2.15. The van der Waals surface area contributed by atoms with Gasteiger partial charge in [0.1, 0.15) is 23.6 Å². The van der Waals surface area contributed by atoms with Crippen LogP contribution >= 0.6 is 0 Å². The molecule has 1 amide bonds. The molecule has 0 bridgehead atoms. The number of carboxylic acids is 1. The quantitative estimate of drug-likeness (QED) is 0.266. The highest BCUT2D eigenvalue weighted by atomic mass is 16.5. The van der Waals surface area contributed by atoms with E-state index in [4.69, 9.17) is 14.3 Å². The molecule has 1 atom stereocenters. The van der Waals surface area contributed by atoms with Crippen molar-refractivity contribution in [2.45, 2.75) is 26.3 Å². The molecule has 0 aliphatic rings. The van der Waals surface area contributed by atoms with Crippen molar-refractivity contribution in [1.82, 2.24) is 10.3 Å². The molecule has 8 heteroatoms. The number of pyridine rings is 1. The fourth-order valence-electron chi connectivity index (χ4n) is 3.62. The first kappa shape index (κ1) is 24.8. The molecule has 2 heterocycles. The average molecular weight is 488 g/mol. The largest absolute Gasteiger partial charge is 0.490 e. The Morgan fingerprint density at radius 1 is 1.06 bits per heavy atom. The number of hydrogen-bond donors (Lipinski definition) is 3. The van der Waals surface area contributed by atoms with E-state index in [0.29, 0.717) is 23.7 Å². The minimum absolute atomic E-state index is 0.0234. The smallest absolute Gasteiger partial charge is 0.305 e. The van der Waals surface area contributed by atoms with Crippen LogP contribution in [-0.4, -0.2) is 41.2 Å². The third kappa shape index (κ3) is 6.41. The van der Waals surface area contributed by atoms with Gasteiger partial charge >= 0.3 is 5.97 Å². The van der Waals surface area contributed by atoms with Crippen LogP contribution in [-0.2, 0) is 4.79 Å². The number of amides is 1. The van der Waals surface area contributed by atoms with Crippen molar-refractivity contribution in [3.05, 3.63) is 78.5 Å². The molecule has 0 radical (unpaired) electrons. The number of aromatic nitrogens is 1. The molecule has 1 unspecified atom stereocenters. The van der Waals surface area contributed by atoms with E-state index in [1.807, 2.05) is 54.6 Å². The van der Waals surface area contributed by atoms with Crippen molar-refractivity contribution in [2.75, 3.05) is 18.5 Å². The summed E-state index contributed by atoms with van der Waals surface area (Å²) in [4.78, 5) is 27.2. The first-order valence-corrected chi connectivity index (χ1v) is 11.8. The second-order valence-corrected chi connectivity index (χ2v) is 8.81. The van der Waals surface area contributed by atoms with Crippen LogP contribution in [0.1, 0.15) is 30.6 Å². The van der Waals surface area contributed by atoms with E-state index in [1.165, 1.54) is 0 Å². The number of aliphatic carboxylic acids is 1. The molecule has 4 aromatic rings. The minimum Gasteiger partial charge on any atom is -0.490 e. The van der Waals surface area contributed by atoms with Gasteiger partial charge in [-0.2, -0.15) is 0 Å². The molecular formula is C28H29N3O5. The maximum atomic E-state index is 12.1. The number of fused-ring (bicyclic) bond motifs is 1. The lowest BCUT2D eigenvalue weighted by atomic mass is 10.0. The first-order valence-electron chi connectivity index (χ1n) is 11.8. The van der Waals surface area contributed by atoms with E-state index < -0.39 is 5.97 Å². The van der Waals surface area contributed by atoms with Crippen molar-refractivity contribution in [3.63, 3.8) is 0 Å². The van der Waals surface area contributed by atoms with Gasteiger partial charge in [0, 0.05) is 23.2 Å². The van der Waals surface area contributed by atoms with Crippen LogP contribution in [0.25, 0.3) is 22.4 Å². The van der Waals surface area contributed by atoms with Gasteiger partial charge < -0.3 is 24.9 Å². The number of hydrogen-bond acceptors (Lipinski definition) is 6. The molecule has 0 aliphatic heterocycles. The number of ether oxygens (including phenoxy) is 1. The van der Waals surface area contributed by atoms with E-state index in [-0.39, 0.29) is 30.8 Å². The monoisotopic (exact) mass is 487 g/mol. The number of carbonyl (C=O) groups is 2. The molecule has 3 N–H and O–H groups in total. The highest BCUT2D eigenvalue weighted by molar-refractivity contribution is 5.94. The molecule has 2 aromatic heterocycles. The summed E-state index contributed by atoms with van der Waals surface area (Å²) >= 11 is 0. The van der Waals surface area contributed by atoms with Gasteiger partial charge in [-0.05, 0) is 54.4 Å². The van der Waals surface area contributed by atoms with Gasteiger partial charge in [-0.1, -0.05) is 32.0 Å². The Hall–Kier alpha value is -4.33. The molecule has 0 saturated heterocycles. The number of benzene rings is 2. The van der Waals surface area contributed by atoms with E-state index in [1.54, 1.807) is 18.3 Å². The Bertz CT molecular complexity index is 1280. The van der Waals surface area contributed by atoms with Crippen molar-refractivity contribution in [2.24, 2.45) is 5.92 Å². The van der Waals surface area contributed by atoms with Crippen molar-refractivity contribution < 1.29 is 23.8 Å². The second kappa shape index (κ2) is 11.4. The average Bonchev–Trinajstić information content (AvgIpc) is 3.31. The lowest BCUT2D eigenvalue weighted by molar-refractivity contribution is -0.136. The van der Waals surface area contributed by atoms with Gasteiger partial charge in [0.2, 0.25) is 0 Å². The van der Waals surface area contributed by atoms with Crippen LogP contribution in [0, 0.1) is 5.92 Å². The van der Waals surface area contributed by atoms with Crippen molar-refractivity contribution in [1.29, 1.82) is 0 Å². The van der Waals surface area contributed by atoms with E-state index >= 15 is 0 Å². The Kier molecular flexibility index (Phi) is 7.85. The summed E-state index contributed by atoms with van der Waals surface area (Å²) < 4.78 is 11.9. The maximum absolute atomic E-state index is 12.1. The number of furan rings is 1. The van der Waals surface area contributed by atoms with Crippen LogP contribution in [0.5, 0.6) is 5.75 Å². The van der Waals surface area contributed by atoms with Crippen molar-refractivity contribution >= 4 is 28.5 Å². The van der Waals surface area contributed by atoms with Crippen LogP contribution in [0.3, 0.4) is 0 Å². The molecule has 186 valence electrons. The lowest BCUT2D eigenvalue weighted by Gasteiger charge is -2.24. The lowest BCUT2D eigenvalue weighted by Crippen LogP contribution is -2.32. The predicted octanol–water partition coefficient (Wildman–Crippen LogP) is 5.21. The predicted molar refractivity (Wildman–Crippen MR) is 138 cm³/mol.